The van der Waals surface area contributed by atoms with Crippen LogP contribution in [0.4, 0.5) is 10.5 Å². The summed E-state index contributed by atoms with van der Waals surface area (Å²) in [4.78, 5) is 40.8. The molecule has 33 heavy (non-hydrogen) atoms. The molecule has 2 aliphatic heterocycles. The van der Waals surface area contributed by atoms with Gasteiger partial charge in [-0.1, -0.05) is 0 Å². The zero-order valence-corrected chi connectivity index (χ0v) is 18.1. The van der Waals surface area contributed by atoms with Gasteiger partial charge in [-0.05, 0) is 41.5 Å². The van der Waals surface area contributed by atoms with Crippen molar-refractivity contribution in [1.82, 2.24) is 24.8 Å². The third kappa shape index (κ3) is 4.77. The van der Waals surface area contributed by atoms with Crippen molar-refractivity contribution in [1.29, 1.82) is 0 Å². The number of nitrogens with zero attached hydrogens (tertiary/aromatic N) is 5. The number of aromatic nitrogens is 3. The van der Waals surface area contributed by atoms with E-state index < -0.39 is 0 Å². The lowest BCUT2D eigenvalue weighted by atomic mass is 10.1. The summed E-state index contributed by atoms with van der Waals surface area (Å²) < 4.78 is 6.10. The smallest absolute Gasteiger partial charge is 0.322 e. The molecule has 1 fully saturated rings. The number of rotatable bonds is 4. The summed E-state index contributed by atoms with van der Waals surface area (Å²) in [5.41, 5.74) is 3.30. The molecule has 168 valence electrons. The van der Waals surface area contributed by atoms with Crippen LogP contribution in [-0.4, -0.2) is 55.9 Å². The van der Waals surface area contributed by atoms with Crippen LogP contribution >= 0.6 is 0 Å². The molecule has 0 unspecified atom stereocenters. The highest BCUT2D eigenvalue weighted by atomic mass is 16.5. The van der Waals surface area contributed by atoms with Crippen molar-refractivity contribution in [2.45, 2.75) is 32.0 Å². The molecule has 2 aliphatic rings. The molecule has 9 heteroatoms. The molecule has 1 saturated heterocycles. The molecular formula is C24H24N6O3. The number of hydrogen-bond donors (Lipinski definition) is 1. The number of piperidine rings is 1. The molecule has 2 aromatic heterocycles. The Labute approximate surface area is 191 Å². The number of hydrogen-bond acceptors (Lipinski definition) is 6. The lowest BCUT2D eigenvalue weighted by Crippen LogP contribution is -2.42. The minimum absolute atomic E-state index is 0.0352. The first-order chi connectivity index (χ1) is 16.2. The van der Waals surface area contributed by atoms with Gasteiger partial charge in [0.2, 0.25) is 0 Å². The van der Waals surface area contributed by atoms with Gasteiger partial charge in [0.1, 0.15) is 17.5 Å². The fourth-order valence-electron chi connectivity index (χ4n) is 4.12. The monoisotopic (exact) mass is 444 g/mol. The van der Waals surface area contributed by atoms with Crippen molar-refractivity contribution in [3.05, 3.63) is 78.1 Å². The van der Waals surface area contributed by atoms with Crippen molar-refractivity contribution in [3.63, 3.8) is 0 Å². The lowest BCUT2D eigenvalue weighted by molar-refractivity contribution is 0.0589. The Bertz CT molecular complexity index is 1110. The van der Waals surface area contributed by atoms with Crippen molar-refractivity contribution < 1.29 is 14.3 Å². The fourth-order valence-corrected chi connectivity index (χ4v) is 4.12. The summed E-state index contributed by atoms with van der Waals surface area (Å²) in [6, 6.07) is 9.20. The van der Waals surface area contributed by atoms with Crippen LogP contribution in [0.5, 0.6) is 5.75 Å². The molecule has 9 nitrogen and oxygen atoms in total. The van der Waals surface area contributed by atoms with E-state index in [0.717, 1.165) is 29.7 Å². The van der Waals surface area contributed by atoms with Gasteiger partial charge in [0.05, 0.1) is 6.20 Å². The average molecular weight is 444 g/mol. The number of pyridine rings is 1. The number of nitrogens with one attached hydrogen (secondary N) is 1. The van der Waals surface area contributed by atoms with Gasteiger partial charge in [-0.25, -0.2) is 9.78 Å². The third-order valence-corrected chi connectivity index (χ3v) is 5.93. The summed E-state index contributed by atoms with van der Waals surface area (Å²) in [6.07, 6.45) is 9.65. The number of amides is 3. The maximum absolute atomic E-state index is 12.6. The second kappa shape index (κ2) is 9.23. The van der Waals surface area contributed by atoms with Crippen LogP contribution in [0.15, 0.2) is 61.3 Å². The molecular weight excluding hydrogens is 420 g/mol. The number of anilines is 1. The topological polar surface area (TPSA) is 101 Å². The Hall–Kier alpha value is -4.01. The predicted molar refractivity (Wildman–Crippen MR) is 121 cm³/mol. The highest BCUT2D eigenvalue weighted by molar-refractivity contribution is 5.92. The Kier molecular flexibility index (Phi) is 5.84. The van der Waals surface area contributed by atoms with Crippen LogP contribution in [0.3, 0.4) is 0 Å². The van der Waals surface area contributed by atoms with Gasteiger partial charge in [-0.2, -0.15) is 0 Å². The maximum Gasteiger partial charge on any atom is 0.322 e. The van der Waals surface area contributed by atoms with E-state index in [4.69, 9.17) is 4.74 Å². The van der Waals surface area contributed by atoms with Crippen molar-refractivity contribution >= 4 is 17.6 Å². The first-order valence-corrected chi connectivity index (χ1v) is 11.0. The normalized spacial score (nSPS) is 15.8. The molecule has 5 rings (SSSR count). The molecule has 0 atom stereocenters. The van der Waals surface area contributed by atoms with E-state index in [1.165, 1.54) is 12.4 Å². The third-order valence-electron chi connectivity index (χ3n) is 5.93. The van der Waals surface area contributed by atoms with E-state index in [2.05, 4.69) is 20.3 Å². The summed E-state index contributed by atoms with van der Waals surface area (Å²) in [5.74, 6) is 0.644. The Morgan fingerprint density at radius 3 is 2.36 bits per heavy atom. The Morgan fingerprint density at radius 2 is 1.64 bits per heavy atom. The first kappa shape index (κ1) is 20.9. The van der Waals surface area contributed by atoms with E-state index in [-0.39, 0.29) is 18.0 Å². The van der Waals surface area contributed by atoms with Crippen LogP contribution < -0.4 is 10.1 Å². The van der Waals surface area contributed by atoms with Crippen molar-refractivity contribution in [2.75, 3.05) is 18.4 Å². The highest BCUT2D eigenvalue weighted by Gasteiger charge is 2.26. The highest BCUT2D eigenvalue weighted by Crippen LogP contribution is 2.24. The minimum atomic E-state index is -0.139. The number of ether oxygens (including phenoxy) is 1. The van der Waals surface area contributed by atoms with Crippen LogP contribution in [-0.2, 0) is 13.1 Å². The second-order valence-corrected chi connectivity index (χ2v) is 8.16. The predicted octanol–water partition coefficient (Wildman–Crippen LogP) is 3.10. The van der Waals surface area contributed by atoms with Crippen LogP contribution in [0.25, 0.3) is 0 Å². The molecule has 1 N–H and O–H groups in total. The van der Waals surface area contributed by atoms with E-state index in [1.54, 1.807) is 22.2 Å². The van der Waals surface area contributed by atoms with Gasteiger partial charge >= 0.3 is 6.03 Å². The number of benzene rings is 1. The van der Waals surface area contributed by atoms with Gasteiger partial charge in [-0.3, -0.25) is 14.8 Å². The molecule has 0 aliphatic carbocycles. The zero-order chi connectivity index (χ0) is 22.6. The van der Waals surface area contributed by atoms with E-state index >= 15 is 0 Å². The summed E-state index contributed by atoms with van der Waals surface area (Å²) in [6.45, 7) is 2.38. The van der Waals surface area contributed by atoms with E-state index in [9.17, 15) is 9.59 Å². The van der Waals surface area contributed by atoms with Gasteiger partial charge < -0.3 is 19.9 Å². The van der Waals surface area contributed by atoms with Gasteiger partial charge in [0.15, 0.2) is 0 Å². The van der Waals surface area contributed by atoms with Crippen molar-refractivity contribution in [3.8, 4) is 5.75 Å². The fraction of sp³-hybridized carbons (Fsp3) is 0.292. The molecule has 4 heterocycles. The zero-order valence-electron chi connectivity index (χ0n) is 18.1. The largest absolute Gasteiger partial charge is 0.490 e. The van der Waals surface area contributed by atoms with Crippen LogP contribution in [0.2, 0.25) is 0 Å². The number of urea groups is 1. The van der Waals surface area contributed by atoms with E-state index in [1.807, 2.05) is 36.5 Å². The first-order valence-electron chi connectivity index (χ1n) is 11.0. The molecule has 0 spiro atoms. The molecule has 0 saturated carbocycles. The average Bonchev–Trinajstić information content (AvgIpc) is 3.31. The molecule has 0 radical (unpaired) electrons. The number of likely N-dealkylation sites (tertiary alicyclic amines) is 1. The summed E-state index contributed by atoms with van der Waals surface area (Å²) in [5, 5.41) is 2.94. The molecule has 1 aromatic carbocycles. The van der Waals surface area contributed by atoms with E-state index in [0.29, 0.717) is 37.6 Å². The Morgan fingerprint density at radius 1 is 0.879 bits per heavy atom. The number of fused-ring (bicyclic) bond motifs is 1. The van der Waals surface area contributed by atoms with Gasteiger partial charge in [0.25, 0.3) is 5.91 Å². The standard InChI is InChI=1S/C24H24N6O3/c31-23(22-14-26-9-10-27-22)29-11-6-21(7-12-29)33-20-3-1-19(2-4-20)28-24(32)30-15-17-5-8-25-13-18(17)16-30/h1-5,8-10,13-14,21H,6-7,11-12,15-16H2,(H,28,32). The number of carbonyl (C=O) groups is 2. The van der Waals surface area contributed by atoms with Gasteiger partial charge in [0, 0.05) is 69.5 Å². The minimum Gasteiger partial charge on any atom is -0.490 e. The second-order valence-electron chi connectivity index (χ2n) is 8.16. The van der Waals surface area contributed by atoms with Crippen molar-refractivity contribution in [2.24, 2.45) is 0 Å². The van der Waals surface area contributed by atoms with Crippen LogP contribution in [0, 0.1) is 0 Å². The molecule has 3 aromatic rings. The quantitative estimate of drug-likeness (QED) is 0.664. The maximum atomic E-state index is 12.6. The lowest BCUT2D eigenvalue weighted by Gasteiger charge is -2.32. The Balaban J connectivity index is 1.10. The molecule has 3 amide bonds. The molecule has 0 bridgehead atoms. The SMILES string of the molecule is O=C(Nc1ccc(OC2CCN(C(=O)c3cnccn3)CC2)cc1)N1Cc2ccncc2C1. The number of carbonyl (C=O) groups excluding carboxylic acids is 2. The summed E-state index contributed by atoms with van der Waals surface area (Å²) in [7, 11) is 0. The summed E-state index contributed by atoms with van der Waals surface area (Å²) >= 11 is 0. The van der Waals surface area contributed by atoms with Gasteiger partial charge in [-0.15, -0.1) is 0 Å². The van der Waals surface area contributed by atoms with Crippen LogP contribution in [0.1, 0.15) is 34.5 Å².